The van der Waals surface area contributed by atoms with E-state index in [9.17, 15) is 14.5 Å². The molecule has 1 saturated carbocycles. The number of aromatic nitrogens is 4. The quantitative estimate of drug-likeness (QED) is 0.430. The van der Waals surface area contributed by atoms with Gasteiger partial charge in [-0.2, -0.15) is 10.1 Å². The van der Waals surface area contributed by atoms with Gasteiger partial charge in [0.25, 0.3) is 0 Å². The lowest BCUT2D eigenvalue weighted by atomic mass is 10.2. The van der Waals surface area contributed by atoms with Gasteiger partial charge in [0.1, 0.15) is 12.0 Å². The summed E-state index contributed by atoms with van der Waals surface area (Å²) in [5, 5.41) is 24.2. The fourth-order valence-electron chi connectivity index (χ4n) is 2.61. The summed E-state index contributed by atoms with van der Waals surface area (Å²) in [6.45, 7) is 0.256. The summed E-state index contributed by atoms with van der Waals surface area (Å²) >= 11 is 0. The summed E-state index contributed by atoms with van der Waals surface area (Å²) in [7, 11) is 0. The lowest BCUT2D eigenvalue weighted by Crippen LogP contribution is -2.07. The molecular formula is C17H16FN7O2. The molecule has 27 heavy (non-hydrogen) atoms. The minimum absolute atomic E-state index is 0.0692. The van der Waals surface area contributed by atoms with Gasteiger partial charge in [0.15, 0.2) is 5.82 Å². The molecule has 1 aliphatic rings. The first-order valence-corrected chi connectivity index (χ1v) is 8.40. The number of nitrogens with zero attached hydrogens (tertiary/aromatic N) is 4. The van der Waals surface area contributed by atoms with Gasteiger partial charge in [-0.05, 0) is 30.5 Å². The molecule has 2 aromatic heterocycles. The van der Waals surface area contributed by atoms with E-state index < -0.39 is 4.92 Å². The summed E-state index contributed by atoms with van der Waals surface area (Å²) in [5.74, 6) is 0.993. The summed E-state index contributed by atoms with van der Waals surface area (Å²) < 4.78 is 13.0. The fraction of sp³-hybridized carbons (Fsp3) is 0.235. The average Bonchev–Trinajstić information content (AvgIpc) is 3.41. The van der Waals surface area contributed by atoms with E-state index >= 15 is 0 Å². The molecule has 9 nitrogen and oxygen atoms in total. The first kappa shape index (κ1) is 16.9. The maximum atomic E-state index is 13.0. The van der Waals surface area contributed by atoms with Gasteiger partial charge in [-0.1, -0.05) is 12.1 Å². The number of nitrogens with one attached hydrogen (secondary N) is 3. The number of aromatic amines is 1. The molecule has 0 spiro atoms. The highest BCUT2D eigenvalue weighted by molar-refractivity contribution is 5.59. The van der Waals surface area contributed by atoms with Crippen molar-refractivity contribution >= 4 is 23.3 Å². The standard InChI is InChI=1S/C17H16FN7O2/c18-12-5-1-10(2-6-12)8-19-16-14(25(26)27)9-20-17(22-16)21-15-7-13(23-24-15)11-3-4-11/h1-2,5-7,9,11H,3-4,8H2,(H3,19,20,21,22,23,24). The van der Waals surface area contributed by atoms with Gasteiger partial charge >= 0.3 is 5.69 Å². The van der Waals surface area contributed by atoms with Crippen molar-refractivity contribution in [2.24, 2.45) is 0 Å². The van der Waals surface area contributed by atoms with E-state index in [2.05, 4.69) is 30.8 Å². The molecule has 4 rings (SSSR count). The van der Waals surface area contributed by atoms with Crippen molar-refractivity contribution in [1.29, 1.82) is 0 Å². The second-order valence-corrected chi connectivity index (χ2v) is 6.27. The fourth-order valence-corrected chi connectivity index (χ4v) is 2.61. The van der Waals surface area contributed by atoms with Crippen LogP contribution in [0.4, 0.5) is 27.7 Å². The SMILES string of the molecule is O=[N+]([O-])c1cnc(Nc2cc(C3CC3)[nH]n2)nc1NCc1ccc(F)cc1. The number of halogens is 1. The highest BCUT2D eigenvalue weighted by Crippen LogP contribution is 2.39. The number of nitro groups is 1. The van der Waals surface area contributed by atoms with E-state index in [-0.39, 0.29) is 29.8 Å². The minimum atomic E-state index is -0.559. The van der Waals surface area contributed by atoms with Crippen molar-refractivity contribution in [2.45, 2.75) is 25.3 Å². The average molecular weight is 369 g/mol. The van der Waals surface area contributed by atoms with Crippen LogP contribution in [0.3, 0.4) is 0 Å². The first-order chi connectivity index (χ1) is 13.1. The van der Waals surface area contributed by atoms with Crippen LogP contribution >= 0.6 is 0 Å². The maximum absolute atomic E-state index is 13.0. The number of H-pyrrole nitrogens is 1. The number of benzene rings is 1. The van der Waals surface area contributed by atoms with Crippen molar-refractivity contribution in [3.63, 3.8) is 0 Å². The Kier molecular flexibility index (Phi) is 4.37. The van der Waals surface area contributed by atoms with Crippen molar-refractivity contribution in [3.05, 3.63) is 63.7 Å². The van der Waals surface area contributed by atoms with Gasteiger partial charge < -0.3 is 10.6 Å². The van der Waals surface area contributed by atoms with Crippen LogP contribution in [-0.4, -0.2) is 25.1 Å². The molecule has 0 atom stereocenters. The zero-order chi connectivity index (χ0) is 18.8. The van der Waals surface area contributed by atoms with E-state index in [0.29, 0.717) is 11.7 Å². The summed E-state index contributed by atoms with van der Waals surface area (Å²) in [4.78, 5) is 18.8. The number of rotatable bonds is 7. The molecule has 0 saturated heterocycles. The molecule has 1 aromatic carbocycles. The Bertz CT molecular complexity index is 970. The molecule has 0 unspecified atom stereocenters. The van der Waals surface area contributed by atoms with Crippen molar-refractivity contribution < 1.29 is 9.31 Å². The Hall–Kier alpha value is -3.56. The van der Waals surface area contributed by atoms with E-state index in [4.69, 9.17) is 0 Å². The number of anilines is 3. The van der Waals surface area contributed by atoms with Crippen LogP contribution in [0.2, 0.25) is 0 Å². The number of hydrogen-bond donors (Lipinski definition) is 3. The highest BCUT2D eigenvalue weighted by atomic mass is 19.1. The molecule has 3 aromatic rings. The van der Waals surface area contributed by atoms with Crippen LogP contribution in [-0.2, 0) is 6.54 Å². The zero-order valence-electron chi connectivity index (χ0n) is 14.1. The third-order valence-corrected chi connectivity index (χ3v) is 4.19. The molecule has 10 heteroatoms. The maximum Gasteiger partial charge on any atom is 0.329 e. The molecule has 138 valence electrons. The Labute approximate surface area is 153 Å². The molecule has 3 N–H and O–H groups in total. The van der Waals surface area contributed by atoms with E-state index in [1.807, 2.05) is 6.07 Å². The zero-order valence-corrected chi connectivity index (χ0v) is 14.1. The summed E-state index contributed by atoms with van der Waals surface area (Å²) in [5.41, 5.74) is 1.57. The molecule has 0 radical (unpaired) electrons. The largest absolute Gasteiger partial charge is 0.360 e. The second kappa shape index (κ2) is 6.98. The molecule has 0 aliphatic heterocycles. The van der Waals surface area contributed by atoms with E-state index in [0.717, 1.165) is 30.3 Å². The lowest BCUT2D eigenvalue weighted by molar-refractivity contribution is -0.384. The number of hydrogen-bond acceptors (Lipinski definition) is 7. The Morgan fingerprint density at radius 1 is 1.30 bits per heavy atom. The predicted octanol–water partition coefficient (Wildman–Crippen LogP) is 3.48. The van der Waals surface area contributed by atoms with Crippen molar-refractivity contribution in [2.75, 3.05) is 10.6 Å². The van der Waals surface area contributed by atoms with Crippen LogP contribution in [0.25, 0.3) is 0 Å². The van der Waals surface area contributed by atoms with Gasteiger partial charge in [-0.15, -0.1) is 0 Å². The van der Waals surface area contributed by atoms with Crippen LogP contribution < -0.4 is 10.6 Å². The first-order valence-electron chi connectivity index (χ1n) is 8.40. The minimum Gasteiger partial charge on any atom is -0.360 e. The van der Waals surface area contributed by atoms with Gasteiger partial charge in [-0.3, -0.25) is 15.2 Å². The smallest absolute Gasteiger partial charge is 0.329 e. The van der Waals surface area contributed by atoms with Crippen molar-refractivity contribution in [1.82, 2.24) is 20.2 Å². The monoisotopic (exact) mass is 369 g/mol. The van der Waals surface area contributed by atoms with Crippen LogP contribution in [0.15, 0.2) is 36.5 Å². The Morgan fingerprint density at radius 3 is 2.78 bits per heavy atom. The van der Waals surface area contributed by atoms with Crippen LogP contribution in [0, 0.1) is 15.9 Å². The highest BCUT2D eigenvalue weighted by Gasteiger charge is 2.25. The topological polar surface area (TPSA) is 122 Å². The van der Waals surface area contributed by atoms with Gasteiger partial charge in [0.05, 0.1) is 4.92 Å². The molecule has 2 heterocycles. The molecular weight excluding hydrogens is 353 g/mol. The van der Waals surface area contributed by atoms with Gasteiger partial charge in [0.2, 0.25) is 11.8 Å². The van der Waals surface area contributed by atoms with Crippen LogP contribution in [0.5, 0.6) is 0 Å². The second-order valence-electron chi connectivity index (χ2n) is 6.27. The van der Waals surface area contributed by atoms with E-state index in [1.165, 1.54) is 12.1 Å². The molecule has 0 bridgehead atoms. The van der Waals surface area contributed by atoms with Crippen LogP contribution in [0.1, 0.15) is 30.0 Å². The summed E-state index contributed by atoms with van der Waals surface area (Å²) in [6.07, 6.45) is 3.43. The molecule has 1 aliphatic carbocycles. The van der Waals surface area contributed by atoms with E-state index in [1.54, 1.807) is 12.1 Å². The third-order valence-electron chi connectivity index (χ3n) is 4.19. The molecule has 0 amide bonds. The van der Waals surface area contributed by atoms with Gasteiger partial charge in [0, 0.05) is 24.2 Å². The third kappa shape index (κ3) is 4.00. The Morgan fingerprint density at radius 2 is 2.07 bits per heavy atom. The van der Waals surface area contributed by atoms with Gasteiger partial charge in [-0.25, -0.2) is 9.37 Å². The summed E-state index contributed by atoms with van der Waals surface area (Å²) in [6, 6.07) is 7.73. The Balaban J connectivity index is 1.51. The predicted molar refractivity (Wildman–Crippen MR) is 96.3 cm³/mol. The lowest BCUT2D eigenvalue weighted by Gasteiger charge is -2.08. The molecule has 1 fully saturated rings. The normalized spacial score (nSPS) is 13.4. The van der Waals surface area contributed by atoms with Crippen molar-refractivity contribution in [3.8, 4) is 0 Å².